The van der Waals surface area contributed by atoms with E-state index >= 15 is 0 Å². The van der Waals surface area contributed by atoms with Crippen LogP contribution in [0.1, 0.15) is 5.56 Å². The van der Waals surface area contributed by atoms with Crippen molar-refractivity contribution in [3.63, 3.8) is 0 Å². The molecule has 1 rings (SSSR count). The number of halogens is 2. The standard InChI is InChI=1S/C7H7.2BrH.Dy/c1-7-5-3-2-4-6-7;;;/h3-6H,1H3;2*1H;/q;;;+2/p-2. The molecule has 10 heavy (non-hydrogen) atoms. The fourth-order valence-electron chi connectivity index (χ4n) is 0.603. The van der Waals surface area contributed by atoms with E-state index in [1.54, 1.807) is 0 Å². The van der Waals surface area contributed by atoms with E-state index in [4.69, 9.17) is 0 Å². The minimum absolute atomic E-state index is 1.08. The Morgan fingerprint density at radius 2 is 1.60 bits per heavy atom. The second kappa shape index (κ2) is 4.47. The quantitative estimate of drug-likeness (QED) is 0.664. The molecule has 0 aliphatic heterocycles. The Kier molecular flexibility index (Phi) is 4.27. The zero-order valence-electron chi connectivity index (χ0n) is 5.38. The average molecular weight is 413 g/mol. The SMILES string of the molecule is Cc1cc[c]([Dy]([Br])[Br])cc1. The van der Waals surface area contributed by atoms with Crippen LogP contribution in [0.25, 0.3) is 0 Å². The summed E-state index contributed by atoms with van der Waals surface area (Å²) < 4.78 is 1.41. The first-order valence-electron chi connectivity index (χ1n) is 2.72. The fraction of sp³-hybridized carbons (Fsp3) is 0.143. The molecule has 0 heterocycles. The van der Waals surface area contributed by atoms with Gasteiger partial charge in [-0.3, -0.25) is 0 Å². The molecule has 0 nitrogen and oxygen atoms in total. The number of benzene rings is 1. The van der Waals surface area contributed by atoms with Crippen LogP contribution in [0.4, 0.5) is 0 Å². The van der Waals surface area contributed by atoms with E-state index < -0.39 is 26.4 Å². The molecule has 0 saturated heterocycles. The molecule has 1 aromatic carbocycles. The molecule has 0 saturated carbocycles. The molecule has 0 unspecified atom stereocenters. The van der Waals surface area contributed by atoms with E-state index in [-0.39, 0.29) is 0 Å². The van der Waals surface area contributed by atoms with Gasteiger partial charge in [0, 0.05) is 0 Å². The number of hydrogen-bond donors (Lipinski definition) is 0. The Bertz CT molecular complexity index is 205. The maximum absolute atomic E-state index is 3.58. The first-order chi connectivity index (χ1) is 4.70. The van der Waals surface area contributed by atoms with Crippen molar-refractivity contribution in [1.82, 2.24) is 0 Å². The van der Waals surface area contributed by atoms with Crippen molar-refractivity contribution in [1.29, 1.82) is 0 Å². The Hall–Kier alpha value is 1.45. The van der Waals surface area contributed by atoms with Crippen LogP contribution in [-0.2, 0) is 0 Å². The molecular formula is C7H7Br2Dy. The van der Waals surface area contributed by atoms with Crippen LogP contribution in [0.5, 0.6) is 0 Å². The summed E-state index contributed by atoms with van der Waals surface area (Å²) in [7, 11) is 7.16. The van der Waals surface area contributed by atoms with Crippen LogP contribution >= 0.6 is 19.2 Å². The summed E-state index contributed by atoms with van der Waals surface area (Å²) >= 11 is -1.08. The summed E-state index contributed by atoms with van der Waals surface area (Å²) in [6.45, 7) is 2.10. The fourth-order valence-corrected chi connectivity index (χ4v) is 3.93. The van der Waals surface area contributed by atoms with Gasteiger partial charge in [-0.2, -0.15) is 0 Å². The van der Waals surface area contributed by atoms with E-state index in [0.717, 1.165) is 0 Å². The van der Waals surface area contributed by atoms with Crippen LogP contribution in [0.2, 0.25) is 0 Å². The second-order valence-corrected chi connectivity index (χ2v) is 16.6. The summed E-state index contributed by atoms with van der Waals surface area (Å²) in [6, 6.07) is 8.62. The van der Waals surface area contributed by atoms with E-state index in [1.165, 1.54) is 7.16 Å². The third kappa shape index (κ3) is 2.83. The zero-order chi connectivity index (χ0) is 7.56. The van der Waals surface area contributed by atoms with Gasteiger partial charge in [0.25, 0.3) is 0 Å². The van der Waals surface area contributed by atoms with E-state index in [1.807, 2.05) is 0 Å². The van der Waals surface area contributed by atoms with Crippen molar-refractivity contribution in [3.05, 3.63) is 29.8 Å². The molecule has 0 N–H and O–H groups in total. The summed E-state index contributed by atoms with van der Waals surface area (Å²) in [5, 5.41) is 0. The molecule has 0 atom stereocenters. The Morgan fingerprint density at radius 1 is 1.10 bits per heavy atom. The molecule has 0 aromatic heterocycles. The van der Waals surface area contributed by atoms with Gasteiger partial charge in [-0.15, -0.1) is 0 Å². The van der Waals surface area contributed by atoms with Crippen molar-refractivity contribution in [2.45, 2.75) is 6.92 Å². The molecule has 3 heteroatoms. The van der Waals surface area contributed by atoms with Gasteiger partial charge in [0.1, 0.15) is 0 Å². The van der Waals surface area contributed by atoms with Crippen LogP contribution in [0, 0.1) is 33.3 Å². The van der Waals surface area contributed by atoms with Crippen molar-refractivity contribution in [2.75, 3.05) is 0 Å². The topological polar surface area (TPSA) is 0 Å². The number of aryl methyl sites for hydroxylation is 1. The molecule has 0 bridgehead atoms. The van der Waals surface area contributed by atoms with Gasteiger partial charge < -0.3 is 0 Å². The van der Waals surface area contributed by atoms with E-state index in [9.17, 15) is 0 Å². The van der Waals surface area contributed by atoms with Crippen LogP contribution < -0.4 is 1.60 Å². The third-order valence-electron chi connectivity index (χ3n) is 1.13. The van der Waals surface area contributed by atoms with Crippen molar-refractivity contribution in [2.24, 2.45) is 0 Å². The predicted molar refractivity (Wildman–Crippen MR) is 48.7 cm³/mol. The van der Waals surface area contributed by atoms with Gasteiger partial charge in [0.05, 0.1) is 0 Å². The molecule has 0 aliphatic carbocycles. The zero-order valence-corrected chi connectivity index (χ0v) is 10.6. The third-order valence-corrected chi connectivity index (χ3v) is 6.99. The Balaban J connectivity index is 2.89. The monoisotopic (exact) mass is 413 g/mol. The summed E-state index contributed by atoms with van der Waals surface area (Å²) in [4.78, 5) is 0. The molecule has 0 amide bonds. The van der Waals surface area contributed by atoms with Gasteiger partial charge in [0.15, 0.2) is 0 Å². The molecule has 1 aromatic rings. The molecule has 0 spiro atoms. The summed E-state index contributed by atoms with van der Waals surface area (Å²) in [5.41, 5.74) is 1.32. The van der Waals surface area contributed by atoms with Crippen LogP contribution in [-0.4, -0.2) is 0 Å². The first-order valence-corrected chi connectivity index (χ1v) is 12.7. The molecular weight excluding hydrogens is 406 g/mol. The molecule has 0 fully saturated rings. The number of hydrogen-bond acceptors (Lipinski definition) is 0. The predicted octanol–water partition coefficient (Wildman–Crippen LogP) is 2.86. The summed E-state index contributed by atoms with van der Waals surface area (Å²) in [6.07, 6.45) is 0. The molecule has 0 aliphatic rings. The Morgan fingerprint density at radius 3 is 2.00 bits per heavy atom. The summed E-state index contributed by atoms with van der Waals surface area (Å²) in [5.74, 6) is 0. The van der Waals surface area contributed by atoms with Crippen LogP contribution in [0.3, 0.4) is 0 Å². The van der Waals surface area contributed by atoms with Gasteiger partial charge in [-0.1, -0.05) is 0 Å². The molecule has 0 radical (unpaired) electrons. The van der Waals surface area contributed by atoms with Crippen molar-refractivity contribution >= 4 is 20.8 Å². The van der Waals surface area contributed by atoms with E-state index in [2.05, 4.69) is 50.4 Å². The van der Waals surface area contributed by atoms with Crippen molar-refractivity contribution < 1.29 is 26.4 Å². The molecule has 59 valence electrons. The van der Waals surface area contributed by atoms with Gasteiger partial charge in [-0.05, 0) is 0 Å². The van der Waals surface area contributed by atoms with Gasteiger partial charge in [-0.25, -0.2) is 0 Å². The number of rotatable bonds is 1. The first kappa shape index (κ1) is 9.54. The Labute approximate surface area is 82.3 Å². The second-order valence-electron chi connectivity index (χ2n) is 1.92. The minimum atomic E-state index is -1.08. The van der Waals surface area contributed by atoms with Gasteiger partial charge >= 0.3 is 83.9 Å². The maximum atomic E-state index is 3.58. The average Bonchev–Trinajstić information content (AvgIpc) is 1.88. The van der Waals surface area contributed by atoms with E-state index in [0.29, 0.717) is 0 Å². The van der Waals surface area contributed by atoms with Crippen molar-refractivity contribution in [3.8, 4) is 0 Å². The van der Waals surface area contributed by atoms with Crippen LogP contribution in [0.15, 0.2) is 24.3 Å². The van der Waals surface area contributed by atoms with Gasteiger partial charge in [0.2, 0.25) is 0 Å². The normalized spacial score (nSPS) is 11.3.